The van der Waals surface area contributed by atoms with E-state index in [1.165, 1.54) is 12.4 Å². The van der Waals surface area contributed by atoms with Crippen LogP contribution in [0.25, 0.3) is 27.8 Å². The summed E-state index contributed by atoms with van der Waals surface area (Å²) in [6.07, 6.45) is 4.53. The third-order valence-electron chi connectivity index (χ3n) is 6.17. The molecule has 4 heterocycles. The van der Waals surface area contributed by atoms with E-state index in [1.807, 2.05) is 38.5 Å². The second kappa shape index (κ2) is 9.59. The first-order valence-electron chi connectivity index (χ1n) is 12.0. The van der Waals surface area contributed by atoms with Crippen LogP contribution in [-0.4, -0.2) is 67.0 Å². The minimum atomic E-state index is -0.571. The highest BCUT2D eigenvalue weighted by atomic mass is 35.5. The van der Waals surface area contributed by atoms with Gasteiger partial charge in [-0.25, -0.2) is 19.2 Å². The van der Waals surface area contributed by atoms with Crippen molar-refractivity contribution in [1.29, 1.82) is 0 Å². The average molecular weight is 524 g/mol. The second-order valence-electron chi connectivity index (χ2n) is 9.99. The molecule has 0 bridgehead atoms. The van der Waals surface area contributed by atoms with Gasteiger partial charge in [-0.1, -0.05) is 29.8 Å². The largest absolute Gasteiger partial charge is 0.444 e. The summed E-state index contributed by atoms with van der Waals surface area (Å²) in [6.45, 7) is 9.02. The molecule has 5 rings (SSSR count). The maximum absolute atomic E-state index is 15.0. The molecule has 1 saturated heterocycles. The predicted octanol–water partition coefficient (Wildman–Crippen LogP) is 5.12. The molecule has 3 aromatic heterocycles. The molecule has 1 atom stereocenters. The molecule has 11 heteroatoms. The van der Waals surface area contributed by atoms with Gasteiger partial charge in [-0.3, -0.25) is 4.57 Å². The minimum Gasteiger partial charge on any atom is -0.444 e. The number of carbonyl (C=O) groups is 1. The summed E-state index contributed by atoms with van der Waals surface area (Å²) in [5.41, 5.74) is 1.71. The molecule has 9 nitrogen and oxygen atoms in total. The Hall–Kier alpha value is -3.79. The molecule has 1 amide bonds. The van der Waals surface area contributed by atoms with Crippen molar-refractivity contribution in [3.8, 4) is 16.8 Å². The molecule has 0 saturated carbocycles. The first-order valence-corrected chi connectivity index (χ1v) is 12.3. The molecular formula is C26H27ClFN7O2. The van der Waals surface area contributed by atoms with Gasteiger partial charge in [-0.2, -0.15) is 5.10 Å². The van der Waals surface area contributed by atoms with Gasteiger partial charge in [0.05, 0.1) is 17.3 Å². The molecule has 1 aromatic carbocycles. The number of amides is 1. The number of fused-ring (bicyclic) bond motifs is 1. The molecule has 192 valence electrons. The summed E-state index contributed by atoms with van der Waals surface area (Å²) < 4.78 is 22.4. The van der Waals surface area contributed by atoms with Gasteiger partial charge in [-0.05, 0) is 33.8 Å². The lowest BCUT2D eigenvalue weighted by molar-refractivity contribution is 0.0218. The van der Waals surface area contributed by atoms with E-state index in [0.29, 0.717) is 53.3 Å². The standard InChI is InChI=1S/C26H27ClFN7O2/c1-16-13-33(25(36)37-26(2,3)4)9-10-34(16)23-22-19(18-7-5-6-8-20(18)28)14-35(24(22)30-15-29-23)17-11-21(27)32-31-12-17/h5-8,11-12,14-16H,9-10,13H2,1-4H3. The molecule has 1 unspecified atom stereocenters. The number of nitrogens with zero attached hydrogens (tertiary/aromatic N) is 7. The SMILES string of the molecule is CC1CN(C(=O)OC(C)(C)C)CCN1c1ncnc2c1c(-c1ccccc1F)cn2-c1cnnc(Cl)c1. The highest BCUT2D eigenvalue weighted by molar-refractivity contribution is 6.29. The molecule has 0 spiro atoms. The van der Waals surface area contributed by atoms with Gasteiger partial charge in [0.25, 0.3) is 0 Å². The number of ether oxygens (including phenoxy) is 1. The van der Waals surface area contributed by atoms with Crippen molar-refractivity contribution >= 4 is 34.5 Å². The van der Waals surface area contributed by atoms with Crippen LogP contribution in [0.15, 0.2) is 49.1 Å². The molecule has 0 N–H and O–H groups in total. The van der Waals surface area contributed by atoms with Crippen LogP contribution in [0.4, 0.5) is 15.0 Å². The van der Waals surface area contributed by atoms with Gasteiger partial charge in [0.1, 0.15) is 23.6 Å². The van der Waals surface area contributed by atoms with E-state index in [0.717, 1.165) is 0 Å². The third kappa shape index (κ3) is 4.93. The summed E-state index contributed by atoms with van der Waals surface area (Å²) in [4.78, 5) is 25.7. The Morgan fingerprint density at radius 1 is 1.16 bits per heavy atom. The second-order valence-corrected chi connectivity index (χ2v) is 10.4. The fourth-order valence-electron chi connectivity index (χ4n) is 4.57. The molecular weight excluding hydrogens is 497 g/mol. The summed E-state index contributed by atoms with van der Waals surface area (Å²) >= 11 is 6.12. The van der Waals surface area contributed by atoms with Crippen molar-refractivity contribution in [2.24, 2.45) is 0 Å². The van der Waals surface area contributed by atoms with Gasteiger partial charge in [-0.15, -0.1) is 5.10 Å². The monoisotopic (exact) mass is 523 g/mol. The lowest BCUT2D eigenvalue weighted by atomic mass is 10.0. The molecule has 1 fully saturated rings. The van der Waals surface area contributed by atoms with Crippen LogP contribution in [0.5, 0.6) is 0 Å². The molecule has 0 radical (unpaired) electrons. The normalized spacial score (nSPS) is 16.3. The average Bonchev–Trinajstić information content (AvgIpc) is 3.23. The number of anilines is 1. The number of hydrogen-bond donors (Lipinski definition) is 0. The van der Waals surface area contributed by atoms with E-state index in [-0.39, 0.29) is 23.1 Å². The van der Waals surface area contributed by atoms with Crippen molar-refractivity contribution in [3.05, 3.63) is 60.0 Å². The van der Waals surface area contributed by atoms with Crippen LogP contribution >= 0.6 is 11.6 Å². The minimum absolute atomic E-state index is 0.0757. The quantitative estimate of drug-likeness (QED) is 0.368. The number of benzene rings is 1. The zero-order valence-electron chi connectivity index (χ0n) is 21.0. The highest BCUT2D eigenvalue weighted by Crippen LogP contribution is 2.38. The van der Waals surface area contributed by atoms with Gasteiger partial charge in [0.2, 0.25) is 0 Å². The van der Waals surface area contributed by atoms with Crippen molar-refractivity contribution in [2.45, 2.75) is 39.3 Å². The lowest BCUT2D eigenvalue weighted by Gasteiger charge is -2.41. The van der Waals surface area contributed by atoms with Crippen LogP contribution < -0.4 is 4.90 Å². The van der Waals surface area contributed by atoms with Crippen LogP contribution in [0.3, 0.4) is 0 Å². The number of rotatable bonds is 3. The number of hydrogen-bond acceptors (Lipinski definition) is 7. The Balaban J connectivity index is 1.61. The van der Waals surface area contributed by atoms with Crippen LogP contribution in [0.1, 0.15) is 27.7 Å². The summed E-state index contributed by atoms with van der Waals surface area (Å²) in [7, 11) is 0. The Morgan fingerprint density at radius 3 is 2.65 bits per heavy atom. The fraction of sp³-hybridized carbons (Fsp3) is 0.346. The maximum atomic E-state index is 15.0. The van der Waals surface area contributed by atoms with Crippen molar-refractivity contribution in [3.63, 3.8) is 0 Å². The highest BCUT2D eigenvalue weighted by Gasteiger charge is 2.32. The molecule has 1 aliphatic rings. The summed E-state index contributed by atoms with van der Waals surface area (Å²) in [5, 5.41) is 8.71. The van der Waals surface area contributed by atoms with Crippen molar-refractivity contribution in [2.75, 3.05) is 24.5 Å². The third-order valence-corrected chi connectivity index (χ3v) is 6.35. The molecule has 0 aliphatic carbocycles. The van der Waals surface area contributed by atoms with Crippen molar-refractivity contribution < 1.29 is 13.9 Å². The van der Waals surface area contributed by atoms with E-state index in [9.17, 15) is 4.79 Å². The van der Waals surface area contributed by atoms with Crippen molar-refractivity contribution in [1.82, 2.24) is 29.6 Å². The maximum Gasteiger partial charge on any atom is 0.410 e. The van der Waals surface area contributed by atoms with E-state index in [4.69, 9.17) is 16.3 Å². The van der Waals surface area contributed by atoms with Gasteiger partial charge in [0.15, 0.2) is 10.8 Å². The molecule has 37 heavy (non-hydrogen) atoms. The number of halogens is 2. The van der Waals surface area contributed by atoms with E-state index in [1.54, 1.807) is 35.4 Å². The first kappa shape index (κ1) is 24.9. The number of carbonyl (C=O) groups excluding carboxylic acids is 1. The van der Waals surface area contributed by atoms with Crippen LogP contribution in [0.2, 0.25) is 5.15 Å². The Kier molecular flexibility index (Phi) is 6.45. The van der Waals surface area contributed by atoms with E-state index in [2.05, 4.69) is 25.1 Å². The number of aromatic nitrogens is 5. The van der Waals surface area contributed by atoms with Crippen LogP contribution in [0, 0.1) is 5.82 Å². The Bertz CT molecular complexity index is 1470. The summed E-state index contributed by atoms with van der Waals surface area (Å²) in [6, 6.07) is 8.19. The smallest absolute Gasteiger partial charge is 0.410 e. The zero-order chi connectivity index (χ0) is 26.3. The van der Waals surface area contributed by atoms with Gasteiger partial charge < -0.3 is 14.5 Å². The molecule has 4 aromatic rings. The Labute approximate surface area is 218 Å². The fourth-order valence-corrected chi connectivity index (χ4v) is 4.73. The topological polar surface area (TPSA) is 89.3 Å². The lowest BCUT2D eigenvalue weighted by Crippen LogP contribution is -2.54. The molecule has 1 aliphatic heterocycles. The predicted molar refractivity (Wildman–Crippen MR) is 139 cm³/mol. The van der Waals surface area contributed by atoms with Crippen LogP contribution in [-0.2, 0) is 4.74 Å². The Morgan fingerprint density at radius 2 is 1.95 bits per heavy atom. The first-order chi connectivity index (χ1) is 17.6. The van der Waals surface area contributed by atoms with E-state index < -0.39 is 5.60 Å². The number of piperazine rings is 1. The van der Waals surface area contributed by atoms with Gasteiger partial charge in [0, 0.05) is 49.1 Å². The zero-order valence-corrected chi connectivity index (χ0v) is 21.8. The summed E-state index contributed by atoms with van der Waals surface area (Å²) in [5.74, 6) is 0.302. The van der Waals surface area contributed by atoms with E-state index >= 15 is 4.39 Å². The van der Waals surface area contributed by atoms with Gasteiger partial charge >= 0.3 is 6.09 Å².